The highest BCUT2D eigenvalue weighted by Crippen LogP contribution is 2.54. The maximum Gasteiger partial charge on any atom is 0.318 e. The van der Waals surface area contributed by atoms with Crippen LogP contribution in [0.4, 0.5) is 13.6 Å². The Kier molecular flexibility index (Phi) is 13.0. The van der Waals surface area contributed by atoms with E-state index in [1.54, 1.807) is 13.2 Å². The molecule has 2 saturated heterocycles. The van der Waals surface area contributed by atoms with Crippen molar-refractivity contribution in [2.45, 2.75) is 134 Å². The Hall–Kier alpha value is -4.34. The lowest BCUT2D eigenvalue weighted by Crippen LogP contribution is -2.55. The Morgan fingerprint density at radius 2 is 1.86 bits per heavy atom. The minimum Gasteiger partial charge on any atom is -0.496 e. The predicted octanol–water partition coefficient (Wildman–Crippen LogP) is 6.44. The van der Waals surface area contributed by atoms with Gasteiger partial charge >= 0.3 is 6.03 Å². The number of allylic oxidation sites excluding steroid dienone is 2. The number of pyridine rings is 1. The molecule has 13 nitrogen and oxygen atoms in total. The van der Waals surface area contributed by atoms with E-state index < -0.39 is 54.9 Å². The van der Waals surface area contributed by atoms with E-state index in [4.69, 9.17) is 24.9 Å². The Morgan fingerprint density at radius 1 is 1.10 bits per heavy atom. The number of benzene rings is 1. The topological polar surface area (TPSA) is 165 Å². The summed E-state index contributed by atoms with van der Waals surface area (Å²) in [7, 11) is 1.58. The van der Waals surface area contributed by atoms with Gasteiger partial charge in [-0.05, 0) is 95.7 Å². The van der Waals surface area contributed by atoms with Crippen molar-refractivity contribution in [2.75, 3.05) is 26.7 Å². The monoisotopic (exact) mass is 828 g/mol. The molecule has 0 bridgehead atoms. The van der Waals surface area contributed by atoms with Crippen LogP contribution in [-0.2, 0) is 14.4 Å². The van der Waals surface area contributed by atoms with E-state index in [9.17, 15) is 28.0 Å². The summed E-state index contributed by atoms with van der Waals surface area (Å²) in [6.45, 7) is 9.03. The lowest BCUT2D eigenvalue weighted by atomic mass is 10.0. The molecule has 1 aromatic carbocycles. The molecule has 0 spiro atoms. The number of rotatable bonds is 18. The van der Waals surface area contributed by atoms with E-state index in [0.717, 1.165) is 49.0 Å². The second-order valence-corrected chi connectivity index (χ2v) is 18.5. The summed E-state index contributed by atoms with van der Waals surface area (Å²) in [5.41, 5.74) is 7.10. The van der Waals surface area contributed by atoms with Gasteiger partial charge in [-0.3, -0.25) is 19.1 Å². The summed E-state index contributed by atoms with van der Waals surface area (Å²) >= 11 is 1.54. The zero-order valence-corrected chi connectivity index (χ0v) is 35.2. The highest BCUT2D eigenvalue weighted by molar-refractivity contribution is 7.99. The van der Waals surface area contributed by atoms with Crippen LogP contribution in [0.2, 0.25) is 0 Å². The molecule has 0 radical (unpaired) electrons. The Balaban J connectivity index is 1.10. The first-order chi connectivity index (χ1) is 27.4. The van der Waals surface area contributed by atoms with Gasteiger partial charge in [-0.25, -0.2) is 18.6 Å². The number of hydrogen-bond acceptors (Lipinski definition) is 9. The average Bonchev–Trinajstić information content (AvgIpc) is 3.95. The molecule has 2 aliphatic heterocycles. The Morgan fingerprint density at radius 3 is 2.52 bits per heavy atom. The summed E-state index contributed by atoms with van der Waals surface area (Å²) in [6, 6.07) is 2.45. The SMILES string of the molecule is COc1ccc2c(O[C@@H]3C[C@@H](C(N)=O)N(C(=O)[C@H](CCCCC/C=C\C4(C)C[C@@H]4C(=O)NSC4(C)CC4)NC(=O)N4CCC(F)(F)C4)C3)cc(OC(C)C)nc2c1C. The van der Waals surface area contributed by atoms with Gasteiger partial charge in [0.05, 0.1) is 31.8 Å². The molecule has 58 heavy (non-hydrogen) atoms. The van der Waals surface area contributed by atoms with Crippen molar-refractivity contribution in [3.63, 3.8) is 0 Å². The number of unbranched alkanes of at least 4 members (excludes halogenated alkanes) is 3. The van der Waals surface area contributed by atoms with Crippen LogP contribution >= 0.6 is 11.9 Å². The maximum absolute atomic E-state index is 14.3. The van der Waals surface area contributed by atoms with Gasteiger partial charge in [0, 0.05) is 47.1 Å². The molecular weight excluding hydrogens is 771 g/mol. The van der Waals surface area contributed by atoms with E-state index in [0.29, 0.717) is 34.7 Å². The van der Waals surface area contributed by atoms with Crippen LogP contribution in [0.1, 0.15) is 97.5 Å². The number of nitrogens with one attached hydrogen (secondary N) is 2. The van der Waals surface area contributed by atoms with Crippen molar-refractivity contribution in [2.24, 2.45) is 17.1 Å². The van der Waals surface area contributed by atoms with Crippen LogP contribution in [-0.4, -0.2) is 100 Å². The molecule has 5 atom stereocenters. The van der Waals surface area contributed by atoms with Gasteiger partial charge in [0.2, 0.25) is 23.6 Å². The van der Waals surface area contributed by atoms with Crippen molar-refractivity contribution in [1.82, 2.24) is 24.8 Å². The molecule has 3 heterocycles. The average molecular weight is 829 g/mol. The Bertz CT molecular complexity index is 1910. The third-order valence-electron chi connectivity index (χ3n) is 11.7. The number of alkyl halides is 2. The fraction of sp³-hybridized carbons (Fsp3) is 0.643. The van der Waals surface area contributed by atoms with Gasteiger partial charge in [-0.15, -0.1) is 0 Å². The summed E-state index contributed by atoms with van der Waals surface area (Å²) in [5, 5.41) is 3.40. The van der Waals surface area contributed by atoms with Crippen LogP contribution in [0.25, 0.3) is 10.9 Å². The number of likely N-dealkylation sites (tertiary alicyclic amines) is 2. The number of ether oxygens (including phenoxy) is 3. The summed E-state index contributed by atoms with van der Waals surface area (Å²) in [5.74, 6) is -2.78. The minimum atomic E-state index is -3.00. The molecule has 4 fully saturated rings. The first-order valence-corrected chi connectivity index (χ1v) is 21.2. The third kappa shape index (κ3) is 10.4. The quantitative estimate of drug-likeness (QED) is 0.0871. The van der Waals surface area contributed by atoms with Crippen LogP contribution in [0.3, 0.4) is 0 Å². The highest BCUT2D eigenvalue weighted by Gasteiger charge is 2.53. The molecule has 6 rings (SSSR count). The number of carbonyl (C=O) groups excluding carboxylic acids is 4. The normalized spacial score (nSPS) is 24.9. The van der Waals surface area contributed by atoms with Gasteiger partial charge in [-0.1, -0.05) is 31.9 Å². The molecule has 2 aliphatic carbocycles. The van der Waals surface area contributed by atoms with E-state index in [-0.39, 0.29) is 54.0 Å². The number of nitrogens with zero attached hydrogens (tertiary/aromatic N) is 3. The standard InChI is InChI=1S/C42H58F2N6O7S/c1-25(2)56-34-21-33(28-13-14-32(55-6)26(3)35(28)47-34)57-27-20-31(36(45)51)50(23-27)38(53)30(46-39(54)49-19-18-42(43,44)24-49)12-10-8-7-9-11-15-40(4)22-29(40)37(52)48-58-41(5)16-17-41/h11,13-15,21,25,27,29-31H,7-10,12,16-20,22-24H2,1-6H3,(H2,45,51)(H,46,54)(H,48,52)/b15-11-/t27-,29-,30+,31+,40?/m1/s1. The number of primary amides is 1. The molecule has 1 aromatic heterocycles. The summed E-state index contributed by atoms with van der Waals surface area (Å²) in [6.07, 6.45) is 9.21. The number of amides is 5. The summed E-state index contributed by atoms with van der Waals surface area (Å²) < 4.78 is 49.3. The van der Waals surface area contributed by atoms with Gasteiger partial charge in [-0.2, -0.15) is 0 Å². The lowest BCUT2D eigenvalue weighted by molar-refractivity contribution is -0.139. The van der Waals surface area contributed by atoms with Crippen molar-refractivity contribution < 1.29 is 42.2 Å². The van der Waals surface area contributed by atoms with E-state index >= 15 is 0 Å². The number of nitrogens with two attached hydrogens (primary N) is 1. The molecule has 4 aliphatic rings. The van der Waals surface area contributed by atoms with Gasteiger partial charge in [0.25, 0.3) is 5.92 Å². The number of urea groups is 1. The molecule has 4 N–H and O–H groups in total. The van der Waals surface area contributed by atoms with Crippen LogP contribution in [0.15, 0.2) is 30.4 Å². The smallest absolute Gasteiger partial charge is 0.318 e. The van der Waals surface area contributed by atoms with Crippen LogP contribution in [0.5, 0.6) is 17.4 Å². The van der Waals surface area contributed by atoms with Crippen molar-refractivity contribution >= 4 is 46.6 Å². The summed E-state index contributed by atoms with van der Waals surface area (Å²) in [4.78, 5) is 60.1. The zero-order chi connectivity index (χ0) is 42.0. The number of halogens is 2. The van der Waals surface area contributed by atoms with Crippen molar-refractivity contribution in [3.05, 3.63) is 35.9 Å². The Labute approximate surface area is 343 Å². The molecule has 318 valence electrons. The number of hydrogen-bond donors (Lipinski definition) is 3. The molecule has 2 aromatic rings. The fourth-order valence-corrected chi connectivity index (χ4v) is 8.58. The van der Waals surface area contributed by atoms with Gasteiger partial charge in [0.1, 0.15) is 29.7 Å². The van der Waals surface area contributed by atoms with Gasteiger partial charge in [0.15, 0.2) is 0 Å². The van der Waals surface area contributed by atoms with Gasteiger partial charge < -0.3 is 35.1 Å². The number of aryl methyl sites for hydroxylation is 1. The first kappa shape index (κ1) is 43.2. The maximum atomic E-state index is 14.3. The third-order valence-corrected chi connectivity index (χ3v) is 12.9. The number of methoxy groups -OCH3 is 1. The minimum absolute atomic E-state index is 0.000499. The molecule has 16 heteroatoms. The second kappa shape index (κ2) is 17.5. The van der Waals surface area contributed by atoms with Crippen LogP contribution < -0.4 is 30.0 Å². The van der Waals surface area contributed by atoms with Crippen molar-refractivity contribution in [1.29, 1.82) is 0 Å². The first-order valence-electron chi connectivity index (χ1n) is 20.4. The molecule has 5 amide bonds. The number of aromatic nitrogens is 1. The molecule has 1 unspecified atom stereocenters. The molecular formula is C42H58F2N6O7S. The van der Waals surface area contributed by atoms with E-state index in [1.807, 2.05) is 32.9 Å². The second-order valence-electron chi connectivity index (χ2n) is 17.1. The predicted molar refractivity (Wildman–Crippen MR) is 218 cm³/mol. The number of carbonyl (C=O) groups is 4. The lowest BCUT2D eigenvalue weighted by Gasteiger charge is -2.29. The largest absolute Gasteiger partial charge is 0.496 e. The van der Waals surface area contributed by atoms with Crippen molar-refractivity contribution in [3.8, 4) is 17.4 Å². The fourth-order valence-electron chi connectivity index (χ4n) is 7.78. The van der Waals surface area contributed by atoms with Crippen LogP contribution in [0, 0.1) is 18.3 Å². The number of fused-ring (bicyclic) bond motifs is 1. The zero-order valence-electron chi connectivity index (χ0n) is 34.4. The van der Waals surface area contributed by atoms with E-state index in [2.05, 4.69) is 36.0 Å². The highest BCUT2D eigenvalue weighted by atomic mass is 32.2. The van der Waals surface area contributed by atoms with E-state index in [1.165, 1.54) is 16.8 Å². The molecule has 2 saturated carbocycles.